The number of benzene rings is 1. The standard InChI is InChI=1S/C17H17N3O3/c21-11-10-19-17(23)15(12-13-6-8-18-9-7-13)20-16(22)14-4-2-1-3-5-14/h1-9,12,21H,10-11H2,(H,19,23)(H,20,22). The number of nitrogens with zero attached hydrogens (tertiary/aromatic N) is 1. The summed E-state index contributed by atoms with van der Waals surface area (Å²) in [5, 5.41) is 13.9. The number of carbonyl (C=O) groups excluding carboxylic acids is 2. The van der Waals surface area contributed by atoms with Crippen molar-refractivity contribution in [2.75, 3.05) is 13.2 Å². The highest BCUT2D eigenvalue weighted by molar-refractivity contribution is 6.05. The molecule has 0 radical (unpaired) electrons. The second kappa shape index (κ2) is 8.45. The summed E-state index contributed by atoms with van der Waals surface area (Å²) in [6.07, 6.45) is 4.73. The summed E-state index contributed by atoms with van der Waals surface area (Å²) in [4.78, 5) is 28.3. The minimum absolute atomic E-state index is 0.0958. The van der Waals surface area contributed by atoms with E-state index < -0.39 is 5.91 Å². The Morgan fingerprint density at radius 3 is 2.43 bits per heavy atom. The van der Waals surface area contributed by atoms with Crippen molar-refractivity contribution < 1.29 is 14.7 Å². The Hall–Kier alpha value is -2.99. The highest BCUT2D eigenvalue weighted by atomic mass is 16.3. The second-order valence-electron chi connectivity index (χ2n) is 4.64. The summed E-state index contributed by atoms with van der Waals surface area (Å²) in [5.74, 6) is -0.856. The van der Waals surface area contributed by atoms with Gasteiger partial charge >= 0.3 is 0 Å². The number of aromatic nitrogens is 1. The lowest BCUT2D eigenvalue weighted by Gasteiger charge is -2.10. The Morgan fingerprint density at radius 2 is 1.78 bits per heavy atom. The molecule has 2 rings (SSSR count). The number of aliphatic hydroxyl groups excluding tert-OH is 1. The molecule has 0 aliphatic carbocycles. The zero-order valence-corrected chi connectivity index (χ0v) is 12.4. The molecule has 2 amide bonds. The Balaban J connectivity index is 2.21. The molecule has 6 heteroatoms. The molecule has 0 saturated heterocycles. The maximum absolute atomic E-state index is 12.2. The Bertz CT molecular complexity index is 685. The average Bonchev–Trinajstić information content (AvgIpc) is 2.60. The van der Waals surface area contributed by atoms with E-state index in [0.29, 0.717) is 5.56 Å². The van der Waals surface area contributed by atoms with E-state index in [1.165, 1.54) is 0 Å². The average molecular weight is 311 g/mol. The lowest BCUT2D eigenvalue weighted by molar-refractivity contribution is -0.117. The van der Waals surface area contributed by atoms with Crippen molar-refractivity contribution in [1.82, 2.24) is 15.6 Å². The summed E-state index contributed by atoms with van der Waals surface area (Å²) in [5.41, 5.74) is 1.27. The van der Waals surface area contributed by atoms with Gasteiger partial charge in [-0.15, -0.1) is 0 Å². The van der Waals surface area contributed by atoms with Gasteiger partial charge in [0.25, 0.3) is 11.8 Å². The predicted molar refractivity (Wildman–Crippen MR) is 86.2 cm³/mol. The molecule has 0 aliphatic rings. The van der Waals surface area contributed by atoms with E-state index in [1.54, 1.807) is 60.9 Å². The number of amides is 2. The van der Waals surface area contributed by atoms with Crippen LogP contribution in [0.3, 0.4) is 0 Å². The van der Waals surface area contributed by atoms with Crippen molar-refractivity contribution in [3.8, 4) is 0 Å². The van der Waals surface area contributed by atoms with Crippen LogP contribution in [0.5, 0.6) is 0 Å². The summed E-state index contributed by atoms with van der Waals surface area (Å²) < 4.78 is 0. The van der Waals surface area contributed by atoms with Crippen molar-refractivity contribution in [3.05, 3.63) is 71.7 Å². The minimum Gasteiger partial charge on any atom is -0.395 e. The van der Waals surface area contributed by atoms with Crippen LogP contribution in [0.1, 0.15) is 15.9 Å². The third-order valence-corrected chi connectivity index (χ3v) is 2.94. The molecule has 1 aromatic heterocycles. The first-order chi connectivity index (χ1) is 11.2. The van der Waals surface area contributed by atoms with Crippen LogP contribution in [0, 0.1) is 0 Å². The Kier molecular flexibility index (Phi) is 6.02. The van der Waals surface area contributed by atoms with Crippen LogP contribution < -0.4 is 10.6 Å². The number of hydrogen-bond acceptors (Lipinski definition) is 4. The number of carbonyl (C=O) groups is 2. The summed E-state index contributed by atoms with van der Waals surface area (Å²) in [6.45, 7) is -0.0748. The van der Waals surface area contributed by atoms with Gasteiger partial charge in [-0.1, -0.05) is 18.2 Å². The van der Waals surface area contributed by atoms with Gasteiger partial charge < -0.3 is 15.7 Å². The maximum atomic E-state index is 12.2. The molecular formula is C17H17N3O3. The predicted octanol–water partition coefficient (Wildman–Crippen LogP) is 0.961. The number of rotatable bonds is 6. The number of nitrogens with one attached hydrogen (secondary N) is 2. The highest BCUT2D eigenvalue weighted by Gasteiger charge is 2.14. The van der Waals surface area contributed by atoms with Crippen LogP contribution in [0.15, 0.2) is 60.6 Å². The van der Waals surface area contributed by atoms with Crippen molar-refractivity contribution >= 4 is 17.9 Å². The van der Waals surface area contributed by atoms with E-state index in [1.807, 2.05) is 0 Å². The molecule has 23 heavy (non-hydrogen) atoms. The van der Waals surface area contributed by atoms with Crippen molar-refractivity contribution in [2.24, 2.45) is 0 Å². The van der Waals surface area contributed by atoms with E-state index in [-0.39, 0.29) is 24.8 Å². The van der Waals surface area contributed by atoms with Crippen molar-refractivity contribution in [3.63, 3.8) is 0 Å². The SMILES string of the molecule is O=C(NCCO)C(=Cc1ccncc1)NC(=O)c1ccccc1. The minimum atomic E-state index is -0.472. The van der Waals surface area contributed by atoms with Gasteiger partial charge in [-0.05, 0) is 35.9 Å². The van der Waals surface area contributed by atoms with Gasteiger partial charge in [0.2, 0.25) is 0 Å². The Morgan fingerprint density at radius 1 is 1.09 bits per heavy atom. The molecule has 0 atom stereocenters. The van der Waals surface area contributed by atoms with Gasteiger partial charge in [0, 0.05) is 24.5 Å². The molecule has 1 aromatic carbocycles. The molecule has 0 saturated carbocycles. The zero-order valence-electron chi connectivity index (χ0n) is 12.4. The van der Waals surface area contributed by atoms with Gasteiger partial charge in [-0.3, -0.25) is 14.6 Å². The van der Waals surface area contributed by atoms with Gasteiger partial charge in [0.15, 0.2) is 0 Å². The molecule has 0 aliphatic heterocycles. The third-order valence-electron chi connectivity index (χ3n) is 2.94. The van der Waals surface area contributed by atoms with Gasteiger partial charge in [-0.2, -0.15) is 0 Å². The lowest BCUT2D eigenvalue weighted by atomic mass is 10.2. The molecule has 1 heterocycles. The molecular weight excluding hydrogens is 294 g/mol. The summed E-state index contributed by atoms with van der Waals surface area (Å²) in [6, 6.07) is 12.0. The molecule has 0 unspecified atom stereocenters. The molecule has 2 aromatic rings. The zero-order chi connectivity index (χ0) is 16.5. The first kappa shape index (κ1) is 16.4. The smallest absolute Gasteiger partial charge is 0.267 e. The molecule has 0 bridgehead atoms. The van der Waals surface area contributed by atoms with E-state index in [0.717, 1.165) is 5.56 Å². The largest absolute Gasteiger partial charge is 0.395 e. The van der Waals surface area contributed by atoms with E-state index in [9.17, 15) is 9.59 Å². The highest BCUT2D eigenvalue weighted by Crippen LogP contribution is 2.06. The fourth-order valence-corrected chi connectivity index (χ4v) is 1.83. The lowest BCUT2D eigenvalue weighted by Crippen LogP contribution is -2.36. The van der Waals surface area contributed by atoms with Crippen LogP contribution in [-0.2, 0) is 4.79 Å². The van der Waals surface area contributed by atoms with E-state index in [4.69, 9.17) is 5.11 Å². The summed E-state index contributed by atoms with van der Waals surface area (Å²) >= 11 is 0. The molecule has 0 spiro atoms. The van der Waals surface area contributed by atoms with Gasteiger partial charge in [-0.25, -0.2) is 0 Å². The normalized spacial score (nSPS) is 10.9. The fraction of sp³-hybridized carbons (Fsp3) is 0.118. The van der Waals surface area contributed by atoms with Crippen LogP contribution in [0.2, 0.25) is 0 Å². The van der Waals surface area contributed by atoms with Crippen LogP contribution in [-0.4, -0.2) is 35.1 Å². The monoisotopic (exact) mass is 311 g/mol. The van der Waals surface area contributed by atoms with Crippen LogP contribution in [0.25, 0.3) is 6.08 Å². The first-order valence-corrected chi connectivity index (χ1v) is 7.08. The van der Waals surface area contributed by atoms with Crippen molar-refractivity contribution in [2.45, 2.75) is 0 Å². The number of pyridine rings is 1. The molecule has 118 valence electrons. The molecule has 6 nitrogen and oxygen atoms in total. The number of aliphatic hydroxyl groups is 1. The van der Waals surface area contributed by atoms with Crippen LogP contribution >= 0.6 is 0 Å². The maximum Gasteiger partial charge on any atom is 0.267 e. The number of hydrogen-bond donors (Lipinski definition) is 3. The van der Waals surface area contributed by atoms with E-state index in [2.05, 4.69) is 15.6 Å². The second-order valence-corrected chi connectivity index (χ2v) is 4.64. The van der Waals surface area contributed by atoms with Gasteiger partial charge in [0.1, 0.15) is 5.70 Å². The third kappa shape index (κ3) is 5.05. The van der Waals surface area contributed by atoms with Crippen LogP contribution in [0.4, 0.5) is 0 Å². The Labute approximate surface area is 133 Å². The topological polar surface area (TPSA) is 91.3 Å². The van der Waals surface area contributed by atoms with E-state index >= 15 is 0 Å². The van der Waals surface area contributed by atoms with Crippen molar-refractivity contribution in [1.29, 1.82) is 0 Å². The summed E-state index contributed by atoms with van der Waals surface area (Å²) in [7, 11) is 0. The molecule has 0 fully saturated rings. The fourth-order valence-electron chi connectivity index (χ4n) is 1.83. The van der Waals surface area contributed by atoms with Gasteiger partial charge in [0.05, 0.1) is 6.61 Å². The first-order valence-electron chi connectivity index (χ1n) is 7.08. The quantitative estimate of drug-likeness (QED) is 0.693. The molecule has 3 N–H and O–H groups in total.